The molecule has 0 aromatic heterocycles. The van der Waals surface area contributed by atoms with Gasteiger partial charge in [-0.25, -0.2) is 8.42 Å². The first-order valence-corrected chi connectivity index (χ1v) is 7.36. The first-order valence-electron chi connectivity index (χ1n) is 5.52. The minimum Gasteiger partial charge on any atom is -0.489 e. The van der Waals surface area contributed by atoms with Gasteiger partial charge in [0.15, 0.2) is 5.75 Å². The Hall–Kier alpha value is -1.83. The third-order valence-corrected chi connectivity index (χ3v) is 3.55. The molecule has 0 bridgehead atoms. The molecule has 0 aliphatic rings. The maximum Gasteiger partial charge on any atom is 0.273 e. The standard InChI is InChI=1S/C11H16N2O5S/c1-8(2)18-11-7-9(13(14)15)5-6-10(11)12(3)19(4,16)17/h5-8H,1-4H3. The van der Waals surface area contributed by atoms with Crippen LogP contribution >= 0.6 is 0 Å². The van der Waals surface area contributed by atoms with Crippen LogP contribution in [-0.2, 0) is 10.0 Å². The largest absolute Gasteiger partial charge is 0.489 e. The summed E-state index contributed by atoms with van der Waals surface area (Å²) in [5.41, 5.74) is 0.114. The highest BCUT2D eigenvalue weighted by Crippen LogP contribution is 2.33. The molecule has 0 unspecified atom stereocenters. The SMILES string of the molecule is CC(C)Oc1cc([N+](=O)[O-])ccc1N(C)S(C)(=O)=O. The first kappa shape index (κ1) is 15.2. The van der Waals surface area contributed by atoms with Crippen LogP contribution in [0.15, 0.2) is 18.2 Å². The molecule has 0 atom stereocenters. The summed E-state index contributed by atoms with van der Waals surface area (Å²) in [7, 11) is -2.10. The van der Waals surface area contributed by atoms with Crippen LogP contribution in [0.3, 0.4) is 0 Å². The summed E-state index contributed by atoms with van der Waals surface area (Å²) in [6, 6.07) is 3.82. The third kappa shape index (κ3) is 3.82. The van der Waals surface area contributed by atoms with Crippen molar-refractivity contribution in [2.24, 2.45) is 0 Å². The first-order chi connectivity index (χ1) is 8.62. The molecule has 0 saturated heterocycles. The van der Waals surface area contributed by atoms with E-state index in [4.69, 9.17) is 4.74 Å². The van der Waals surface area contributed by atoms with E-state index in [-0.39, 0.29) is 23.2 Å². The second-order valence-electron chi connectivity index (χ2n) is 4.31. The molecule has 106 valence electrons. The van der Waals surface area contributed by atoms with Gasteiger partial charge in [0.2, 0.25) is 10.0 Å². The average molecular weight is 288 g/mol. The lowest BCUT2D eigenvalue weighted by molar-refractivity contribution is -0.384. The predicted molar refractivity (Wildman–Crippen MR) is 72.1 cm³/mol. The topological polar surface area (TPSA) is 89.8 Å². The highest BCUT2D eigenvalue weighted by Gasteiger charge is 2.20. The molecular weight excluding hydrogens is 272 g/mol. The lowest BCUT2D eigenvalue weighted by Crippen LogP contribution is -2.25. The Kier molecular flexibility index (Phi) is 4.35. The molecule has 7 nitrogen and oxygen atoms in total. The van der Waals surface area contributed by atoms with Gasteiger partial charge in [-0.1, -0.05) is 0 Å². The normalized spacial score (nSPS) is 11.4. The van der Waals surface area contributed by atoms with E-state index in [1.54, 1.807) is 13.8 Å². The summed E-state index contributed by atoms with van der Waals surface area (Å²) in [5, 5.41) is 10.7. The molecule has 8 heteroatoms. The highest BCUT2D eigenvalue weighted by molar-refractivity contribution is 7.92. The minimum atomic E-state index is -3.46. The molecule has 0 radical (unpaired) electrons. The Bertz CT molecular complexity index is 583. The van der Waals surface area contributed by atoms with Crippen molar-refractivity contribution in [3.05, 3.63) is 28.3 Å². The molecule has 0 fully saturated rings. The number of sulfonamides is 1. The monoisotopic (exact) mass is 288 g/mol. The van der Waals surface area contributed by atoms with E-state index in [2.05, 4.69) is 0 Å². The average Bonchev–Trinajstić information content (AvgIpc) is 2.25. The van der Waals surface area contributed by atoms with Crippen molar-refractivity contribution in [1.29, 1.82) is 0 Å². The van der Waals surface area contributed by atoms with Crippen molar-refractivity contribution in [2.75, 3.05) is 17.6 Å². The van der Waals surface area contributed by atoms with Gasteiger partial charge >= 0.3 is 0 Å². The fraction of sp³-hybridized carbons (Fsp3) is 0.455. The number of nitro groups is 1. The molecule has 0 saturated carbocycles. The van der Waals surface area contributed by atoms with Crippen molar-refractivity contribution < 1.29 is 18.1 Å². The Morgan fingerprint density at radius 1 is 1.37 bits per heavy atom. The van der Waals surface area contributed by atoms with E-state index in [9.17, 15) is 18.5 Å². The van der Waals surface area contributed by atoms with Gasteiger partial charge in [0.1, 0.15) is 0 Å². The maximum atomic E-state index is 11.5. The van der Waals surface area contributed by atoms with E-state index >= 15 is 0 Å². The number of anilines is 1. The van der Waals surface area contributed by atoms with E-state index in [1.807, 2.05) is 0 Å². The maximum absolute atomic E-state index is 11.5. The third-order valence-electron chi connectivity index (χ3n) is 2.35. The molecule has 1 aromatic carbocycles. The molecule has 19 heavy (non-hydrogen) atoms. The quantitative estimate of drug-likeness (QED) is 0.608. The summed E-state index contributed by atoms with van der Waals surface area (Å²) < 4.78 is 29.5. The predicted octanol–water partition coefficient (Wildman–Crippen LogP) is 1.78. The van der Waals surface area contributed by atoms with Crippen LogP contribution < -0.4 is 9.04 Å². The Morgan fingerprint density at radius 2 is 1.95 bits per heavy atom. The number of hydrogen-bond donors (Lipinski definition) is 0. The van der Waals surface area contributed by atoms with Crippen LogP contribution in [-0.4, -0.2) is 32.7 Å². The lowest BCUT2D eigenvalue weighted by Gasteiger charge is -2.21. The Morgan fingerprint density at radius 3 is 2.37 bits per heavy atom. The zero-order valence-electron chi connectivity index (χ0n) is 11.2. The molecule has 0 N–H and O–H groups in total. The molecule has 0 spiro atoms. The van der Waals surface area contributed by atoms with Crippen molar-refractivity contribution >= 4 is 21.4 Å². The molecule has 1 rings (SSSR count). The van der Waals surface area contributed by atoms with Crippen LogP contribution in [0, 0.1) is 10.1 Å². The van der Waals surface area contributed by atoms with Crippen molar-refractivity contribution in [2.45, 2.75) is 20.0 Å². The Balaban J connectivity index is 3.34. The van der Waals surface area contributed by atoms with Crippen molar-refractivity contribution in [1.82, 2.24) is 0 Å². The van der Waals surface area contributed by atoms with E-state index < -0.39 is 14.9 Å². The van der Waals surface area contributed by atoms with E-state index in [0.717, 1.165) is 10.6 Å². The summed E-state index contributed by atoms with van der Waals surface area (Å²) in [6.07, 6.45) is 0.821. The number of nitrogens with zero attached hydrogens (tertiary/aromatic N) is 2. The minimum absolute atomic E-state index is 0.152. The van der Waals surface area contributed by atoms with Crippen LogP contribution in [0.4, 0.5) is 11.4 Å². The van der Waals surface area contributed by atoms with Gasteiger partial charge in [0.05, 0.1) is 29.0 Å². The van der Waals surface area contributed by atoms with Gasteiger partial charge in [-0.05, 0) is 19.9 Å². The van der Waals surface area contributed by atoms with Crippen LogP contribution in [0.25, 0.3) is 0 Å². The van der Waals surface area contributed by atoms with Crippen molar-refractivity contribution in [3.63, 3.8) is 0 Å². The van der Waals surface area contributed by atoms with Gasteiger partial charge in [-0.15, -0.1) is 0 Å². The molecule has 0 heterocycles. The number of rotatable bonds is 5. The van der Waals surface area contributed by atoms with Gasteiger partial charge in [0, 0.05) is 13.1 Å². The summed E-state index contributed by atoms with van der Waals surface area (Å²) in [6.45, 7) is 3.51. The van der Waals surface area contributed by atoms with Crippen LogP contribution in [0.5, 0.6) is 5.75 Å². The summed E-state index contributed by atoms with van der Waals surface area (Å²) in [4.78, 5) is 10.2. The van der Waals surface area contributed by atoms with Gasteiger partial charge < -0.3 is 4.74 Å². The smallest absolute Gasteiger partial charge is 0.273 e. The van der Waals surface area contributed by atoms with E-state index in [0.29, 0.717) is 0 Å². The molecule has 0 aliphatic heterocycles. The Labute approximate surface area is 112 Å². The fourth-order valence-electron chi connectivity index (χ4n) is 1.40. The zero-order chi connectivity index (χ0) is 14.8. The zero-order valence-corrected chi connectivity index (χ0v) is 12.0. The van der Waals surface area contributed by atoms with Gasteiger partial charge in [0.25, 0.3) is 5.69 Å². The summed E-state index contributed by atoms with van der Waals surface area (Å²) >= 11 is 0. The fourth-order valence-corrected chi connectivity index (χ4v) is 1.91. The van der Waals surface area contributed by atoms with Crippen molar-refractivity contribution in [3.8, 4) is 5.75 Å². The number of hydrogen-bond acceptors (Lipinski definition) is 5. The second kappa shape index (κ2) is 5.43. The molecule has 0 amide bonds. The lowest BCUT2D eigenvalue weighted by atomic mass is 10.2. The number of ether oxygens (including phenoxy) is 1. The highest BCUT2D eigenvalue weighted by atomic mass is 32.2. The number of benzene rings is 1. The van der Waals surface area contributed by atoms with Gasteiger partial charge in [-0.2, -0.15) is 0 Å². The molecular formula is C11H16N2O5S. The molecule has 1 aromatic rings. The summed E-state index contributed by atoms with van der Waals surface area (Å²) in [5.74, 6) is 0.164. The van der Waals surface area contributed by atoms with Crippen LogP contribution in [0.1, 0.15) is 13.8 Å². The van der Waals surface area contributed by atoms with Crippen LogP contribution in [0.2, 0.25) is 0 Å². The van der Waals surface area contributed by atoms with Gasteiger partial charge in [-0.3, -0.25) is 14.4 Å². The number of nitro benzene ring substituents is 1. The second-order valence-corrected chi connectivity index (χ2v) is 6.32. The molecule has 0 aliphatic carbocycles. The number of non-ortho nitro benzene ring substituents is 1. The van der Waals surface area contributed by atoms with E-state index in [1.165, 1.54) is 25.2 Å².